The van der Waals surface area contributed by atoms with Crippen molar-refractivity contribution >= 4 is 17.2 Å². The summed E-state index contributed by atoms with van der Waals surface area (Å²) in [5, 5.41) is 5.63. The molecule has 2 aliphatic heterocycles. The van der Waals surface area contributed by atoms with E-state index in [2.05, 4.69) is 32.6 Å². The van der Waals surface area contributed by atoms with Crippen molar-refractivity contribution in [3.8, 4) is 0 Å². The quantitative estimate of drug-likeness (QED) is 0.537. The number of thiophene rings is 1. The van der Waals surface area contributed by atoms with Crippen LogP contribution >= 0.6 is 11.3 Å². The number of amides is 1. The molecule has 1 spiro atoms. The standard InChI is InChI=1S/C27H41N3OS/c31-26(28-12-9-22-7-3-1-4-8-22)25-18-27(25)10-15-30(16-11-27)20-24-17-23(21-32-24)19-29-13-5-2-6-14-29/h7,17,21,25H,1-6,8-16,18-20H2,(H,28,31)/t25-/m0/s1. The summed E-state index contributed by atoms with van der Waals surface area (Å²) < 4.78 is 0. The Labute approximate surface area is 198 Å². The zero-order valence-electron chi connectivity index (χ0n) is 19.7. The summed E-state index contributed by atoms with van der Waals surface area (Å²) in [7, 11) is 0. The van der Waals surface area contributed by atoms with E-state index < -0.39 is 0 Å². The number of piperidine rings is 2. The largest absolute Gasteiger partial charge is 0.356 e. The highest BCUT2D eigenvalue weighted by molar-refractivity contribution is 7.10. The van der Waals surface area contributed by atoms with Crippen LogP contribution in [-0.4, -0.2) is 48.4 Å². The van der Waals surface area contributed by atoms with E-state index in [9.17, 15) is 4.79 Å². The van der Waals surface area contributed by atoms with Gasteiger partial charge in [-0.3, -0.25) is 14.6 Å². The molecule has 5 heteroatoms. The minimum absolute atomic E-state index is 0.280. The van der Waals surface area contributed by atoms with Crippen LogP contribution in [0.1, 0.15) is 81.1 Å². The molecule has 1 amide bonds. The van der Waals surface area contributed by atoms with Crippen LogP contribution in [-0.2, 0) is 17.9 Å². The van der Waals surface area contributed by atoms with Gasteiger partial charge in [0.2, 0.25) is 5.91 Å². The number of nitrogens with one attached hydrogen (secondary N) is 1. The van der Waals surface area contributed by atoms with Crippen molar-refractivity contribution in [2.24, 2.45) is 11.3 Å². The summed E-state index contributed by atoms with van der Waals surface area (Å²) in [4.78, 5) is 19.5. The number of hydrogen-bond acceptors (Lipinski definition) is 4. The number of allylic oxidation sites excluding steroid dienone is 1. The Morgan fingerprint density at radius 3 is 2.62 bits per heavy atom. The normalized spacial score (nSPS) is 26.1. The Morgan fingerprint density at radius 2 is 1.84 bits per heavy atom. The summed E-state index contributed by atoms with van der Waals surface area (Å²) in [6.07, 6.45) is 16.2. The first-order valence-corrected chi connectivity index (χ1v) is 14.0. The number of hydrogen-bond donors (Lipinski definition) is 1. The van der Waals surface area contributed by atoms with Crippen LogP contribution < -0.4 is 5.32 Å². The molecule has 3 heterocycles. The molecule has 1 aromatic rings. The van der Waals surface area contributed by atoms with Crippen LogP contribution in [0.5, 0.6) is 0 Å². The monoisotopic (exact) mass is 455 g/mol. The molecule has 1 aromatic heterocycles. The van der Waals surface area contributed by atoms with Gasteiger partial charge in [-0.1, -0.05) is 18.1 Å². The lowest BCUT2D eigenvalue weighted by Gasteiger charge is -2.32. The molecule has 1 saturated carbocycles. The van der Waals surface area contributed by atoms with Gasteiger partial charge in [0, 0.05) is 30.4 Å². The maximum absolute atomic E-state index is 12.7. The zero-order chi connectivity index (χ0) is 21.8. The van der Waals surface area contributed by atoms with E-state index in [0.29, 0.717) is 11.3 Å². The molecule has 2 saturated heterocycles. The first-order valence-electron chi connectivity index (χ1n) is 13.2. The lowest BCUT2D eigenvalue weighted by Crippen LogP contribution is -2.36. The number of likely N-dealkylation sites (tertiary alicyclic amines) is 2. The molecule has 3 fully saturated rings. The van der Waals surface area contributed by atoms with E-state index in [4.69, 9.17) is 0 Å². The van der Waals surface area contributed by atoms with Gasteiger partial charge >= 0.3 is 0 Å². The van der Waals surface area contributed by atoms with Crippen molar-refractivity contribution in [2.75, 3.05) is 32.7 Å². The summed E-state index contributed by atoms with van der Waals surface area (Å²) in [6, 6.07) is 2.44. The van der Waals surface area contributed by atoms with Crippen molar-refractivity contribution in [3.63, 3.8) is 0 Å². The van der Waals surface area contributed by atoms with Crippen LogP contribution in [0.3, 0.4) is 0 Å². The Morgan fingerprint density at radius 1 is 1.03 bits per heavy atom. The molecule has 0 radical (unpaired) electrons. The zero-order valence-corrected chi connectivity index (χ0v) is 20.6. The molecular formula is C27H41N3OS. The van der Waals surface area contributed by atoms with Crippen LogP contribution in [0.2, 0.25) is 0 Å². The molecule has 0 bridgehead atoms. The number of carbonyl (C=O) groups is 1. The molecular weight excluding hydrogens is 414 g/mol. The van der Waals surface area contributed by atoms with Gasteiger partial charge in [0.05, 0.1) is 0 Å². The van der Waals surface area contributed by atoms with Crippen molar-refractivity contribution in [1.82, 2.24) is 15.1 Å². The summed E-state index contributed by atoms with van der Waals surface area (Å²) in [6.45, 7) is 7.89. The molecule has 176 valence electrons. The van der Waals surface area contributed by atoms with Crippen LogP contribution in [0, 0.1) is 11.3 Å². The van der Waals surface area contributed by atoms with E-state index in [-0.39, 0.29) is 5.92 Å². The predicted octanol–water partition coefficient (Wildman–Crippen LogP) is 5.34. The van der Waals surface area contributed by atoms with Crippen molar-refractivity contribution < 1.29 is 4.79 Å². The fourth-order valence-corrected chi connectivity index (χ4v) is 7.14. The van der Waals surface area contributed by atoms with Crippen LogP contribution in [0.15, 0.2) is 23.1 Å². The maximum Gasteiger partial charge on any atom is 0.223 e. The highest BCUT2D eigenvalue weighted by atomic mass is 32.1. The highest BCUT2D eigenvalue weighted by Gasteiger charge is 2.58. The topological polar surface area (TPSA) is 35.6 Å². The third-order valence-corrected chi connectivity index (χ3v) is 9.40. The van der Waals surface area contributed by atoms with Crippen molar-refractivity contribution in [1.29, 1.82) is 0 Å². The first-order chi connectivity index (χ1) is 15.7. The molecule has 5 rings (SSSR count). The van der Waals surface area contributed by atoms with Gasteiger partial charge in [0.15, 0.2) is 0 Å². The molecule has 1 N–H and O–H groups in total. The molecule has 0 unspecified atom stereocenters. The van der Waals surface area contributed by atoms with E-state index in [0.717, 1.165) is 45.6 Å². The SMILES string of the molecule is O=C(NCCC1=CCCCC1)[C@@H]1CC12CCN(Cc1cc(CN3CCCCC3)cs1)CC2. The predicted molar refractivity (Wildman–Crippen MR) is 133 cm³/mol. The second-order valence-electron chi connectivity index (χ2n) is 10.8. The summed E-state index contributed by atoms with van der Waals surface area (Å²) >= 11 is 1.94. The second-order valence-corrected chi connectivity index (χ2v) is 11.8. The highest BCUT2D eigenvalue weighted by Crippen LogP contribution is 2.59. The molecule has 4 aliphatic rings. The van der Waals surface area contributed by atoms with Gasteiger partial charge in [-0.15, -0.1) is 11.3 Å². The first kappa shape index (κ1) is 22.6. The fourth-order valence-electron chi connectivity index (χ4n) is 6.22. The lowest BCUT2D eigenvalue weighted by atomic mass is 9.90. The summed E-state index contributed by atoms with van der Waals surface area (Å²) in [5.74, 6) is 0.610. The van der Waals surface area contributed by atoms with E-state index >= 15 is 0 Å². The van der Waals surface area contributed by atoms with Gasteiger partial charge in [-0.2, -0.15) is 0 Å². The van der Waals surface area contributed by atoms with Crippen LogP contribution in [0.4, 0.5) is 0 Å². The maximum atomic E-state index is 12.7. The number of nitrogens with zero attached hydrogens (tertiary/aromatic N) is 2. The van der Waals surface area contributed by atoms with E-state index in [1.54, 1.807) is 5.57 Å². The van der Waals surface area contributed by atoms with E-state index in [1.807, 2.05) is 11.3 Å². The Bertz CT molecular complexity index is 802. The summed E-state index contributed by atoms with van der Waals surface area (Å²) in [5.41, 5.74) is 3.38. The van der Waals surface area contributed by atoms with Gasteiger partial charge in [-0.05, 0) is 113 Å². The smallest absolute Gasteiger partial charge is 0.223 e. The van der Waals surface area contributed by atoms with Gasteiger partial charge in [-0.25, -0.2) is 0 Å². The van der Waals surface area contributed by atoms with Crippen molar-refractivity contribution in [2.45, 2.75) is 83.7 Å². The van der Waals surface area contributed by atoms with Gasteiger partial charge in [0.1, 0.15) is 0 Å². The molecule has 4 nitrogen and oxygen atoms in total. The minimum Gasteiger partial charge on any atom is -0.356 e. The second kappa shape index (κ2) is 10.4. The Hall–Kier alpha value is -1.17. The Kier molecular flexibility index (Phi) is 7.35. The molecule has 2 aliphatic carbocycles. The van der Waals surface area contributed by atoms with Crippen molar-refractivity contribution in [3.05, 3.63) is 33.5 Å². The van der Waals surface area contributed by atoms with Gasteiger partial charge in [0.25, 0.3) is 0 Å². The van der Waals surface area contributed by atoms with E-state index in [1.165, 1.54) is 81.3 Å². The average molecular weight is 456 g/mol. The fraction of sp³-hybridized carbons (Fsp3) is 0.741. The third-order valence-electron chi connectivity index (χ3n) is 8.43. The lowest BCUT2D eigenvalue weighted by molar-refractivity contribution is -0.123. The number of rotatable bonds is 8. The molecule has 0 aromatic carbocycles. The molecule has 1 atom stereocenters. The van der Waals surface area contributed by atoms with Crippen LogP contribution in [0.25, 0.3) is 0 Å². The minimum atomic E-state index is 0.280. The average Bonchev–Trinajstić information content (AvgIpc) is 3.36. The Balaban J connectivity index is 1.02. The van der Waals surface area contributed by atoms with Gasteiger partial charge < -0.3 is 5.32 Å². The molecule has 32 heavy (non-hydrogen) atoms. The number of carbonyl (C=O) groups excluding carboxylic acids is 1. The third kappa shape index (κ3) is 5.66.